The summed E-state index contributed by atoms with van der Waals surface area (Å²) in [5.41, 5.74) is 2.65. The van der Waals surface area contributed by atoms with Crippen molar-refractivity contribution in [2.75, 3.05) is 30.8 Å². The predicted molar refractivity (Wildman–Crippen MR) is 151 cm³/mol. The Morgan fingerprint density at radius 1 is 1.06 bits per heavy atom. The molecule has 3 rings (SSSR count). The minimum Gasteiger partial charge on any atom is -0.360 e. The van der Waals surface area contributed by atoms with Crippen molar-refractivity contribution < 1.29 is 13.2 Å². The van der Waals surface area contributed by atoms with Crippen LogP contribution in [0.15, 0.2) is 53.6 Å². The van der Waals surface area contributed by atoms with Crippen LogP contribution in [0.25, 0.3) is 21.0 Å². The van der Waals surface area contributed by atoms with Crippen LogP contribution in [0.3, 0.4) is 0 Å². The van der Waals surface area contributed by atoms with Gasteiger partial charge in [0.25, 0.3) is 0 Å². The number of hydrogen-bond donors (Lipinski definition) is 5. The van der Waals surface area contributed by atoms with Crippen LogP contribution in [0.4, 0.5) is 11.4 Å². The van der Waals surface area contributed by atoms with Crippen molar-refractivity contribution in [2.24, 2.45) is 0 Å². The molecule has 1 amide bonds. The zero-order valence-electron chi connectivity index (χ0n) is 20.5. The first-order valence-electron chi connectivity index (χ1n) is 11.3. The van der Waals surface area contributed by atoms with Gasteiger partial charge in [0.1, 0.15) is 5.01 Å². The third kappa shape index (κ3) is 7.55. The number of thiocarbonyl (C=S) groups is 1. The summed E-state index contributed by atoms with van der Waals surface area (Å²) < 4.78 is 28.8. The summed E-state index contributed by atoms with van der Waals surface area (Å²) in [5, 5.41) is 13.1. The number of rotatable bonds is 10. The van der Waals surface area contributed by atoms with Gasteiger partial charge < -0.3 is 21.3 Å². The quantitative estimate of drug-likeness (QED) is 0.193. The van der Waals surface area contributed by atoms with Crippen molar-refractivity contribution in [3.8, 4) is 21.0 Å². The Balaban J connectivity index is 1.90. The fourth-order valence-electron chi connectivity index (χ4n) is 3.27. The van der Waals surface area contributed by atoms with Gasteiger partial charge in [0.2, 0.25) is 15.9 Å². The lowest BCUT2D eigenvalue weighted by atomic mass is 10.2. The van der Waals surface area contributed by atoms with Crippen LogP contribution in [0.2, 0.25) is 0 Å². The van der Waals surface area contributed by atoms with E-state index in [0.29, 0.717) is 27.8 Å². The first-order chi connectivity index (χ1) is 17.1. The van der Waals surface area contributed by atoms with Crippen LogP contribution < -0.4 is 26.0 Å². The molecule has 5 N–H and O–H groups in total. The van der Waals surface area contributed by atoms with Crippen molar-refractivity contribution in [3.63, 3.8) is 0 Å². The van der Waals surface area contributed by atoms with Gasteiger partial charge in [0, 0.05) is 54.8 Å². The molecule has 36 heavy (non-hydrogen) atoms. The molecule has 0 unspecified atom stereocenters. The number of carbonyl (C=O) groups excluding carboxylic acids is 1. The lowest BCUT2D eigenvalue weighted by molar-refractivity contribution is -0.114. The molecule has 1 heterocycles. The minimum absolute atomic E-state index is 0.0748. The summed E-state index contributed by atoms with van der Waals surface area (Å²) in [5.74, 6) is -0.284. The molecule has 2 aromatic carbocycles. The molecule has 12 heteroatoms. The summed E-state index contributed by atoms with van der Waals surface area (Å²) in [4.78, 5) is 16.8. The van der Waals surface area contributed by atoms with Gasteiger partial charge in [-0.2, -0.15) is 0 Å². The van der Waals surface area contributed by atoms with Gasteiger partial charge in [-0.05, 0) is 69.5 Å². The third-order valence-electron chi connectivity index (χ3n) is 4.84. The number of thiazole rings is 1. The number of nitrogens with zero attached hydrogens (tertiary/aromatic N) is 1. The van der Waals surface area contributed by atoms with Crippen LogP contribution in [-0.2, 0) is 14.8 Å². The highest BCUT2D eigenvalue weighted by atomic mass is 32.2. The van der Waals surface area contributed by atoms with E-state index in [1.54, 1.807) is 25.4 Å². The molecule has 192 valence electrons. The zero-order chi connectivity index (χ0) is 26.3. The molecule has 0 aliphatic heterocycles. The van der Waals surface area contributed by atoms with Crippen LogP contribution in [0, 0.1) is 0 Å². The summed E-state index contributed by atoms with van der Waals surface area (Å²) in [6.07, 6.45) is 1.66. The van der Waals surface area contributed by atoms with E-state index >= 15 is 0 Å². The van der Waals surface area contributed by atoms with Crippen molar-refractivity contribution in [3.05, 3.63) is 48.7 Å². The molecule has 0 spiro atoms. The maximum atomic E-state index is 13.1. The molecule has 0 atom stereocenters. The van der Waals surface area contributed by atoms with Crippen LogP contribution in [0.5, 0.6) is 0 Å². The predicted octanol–water partition coefficient (Wildman–Crippen LogP) is 3.63. The highest BCUT2D eigenvalue weighted by Gasteiger charge is 2.22. The van der Waals surface area contributed by atoms with Crippen LogP contribution >= 0.6 is 23.6 Å². The molecule has 0 fully saturated rings. The molecule has 0 saturated heterocycles. The van der Waals surface area contributed by atoms with Crippen LogP contribution in [0.1, 0.15) is 20.8 Å². The Morgan fingerprint density at radius 3 is 2.39 bits per heavy atom. The van der Waals surface area contributed by atoms with Gasteiger partial charge in [0.15, 0.2) is 5.11 Å². The molecule has 3 aromatic rings. The molecular formula is C24H30N6O3S3. The topological polar surface area (TPSA) is 124 Å². The summed E-state index contributed by atoms with van der Waals surface area (Å²) >= 11 is 6.67. The smallest absolute Gasteiger partial charge is 0.241 e. The monoisotopic (exact) mass is 546 g/mol. The Kier molecular flexibility index (Phi) is 9.51. The molecule has 0 radical (unpaired) electrons. The normalized spacial score (nSPS) is 11.4. The number of carbonyl (C=O) groups is 1. The second-order valence-electron chi connectivity index (χ2n) is 8.25. The second kappa shape index (κ2) is 12.4. The molecular weight excluding hydrogens is 517 g/mol. The van der Waals surface area contributed by atoms with E-state index in [4.69, 9.17) is 12.2 Å². The highest BCUT2D eigenvalue weighted by molar-refractivity contribution is 7.89. The fourth-order valence-corrected chi connectivity index (χ4v) is 5.93. The molecule has 0 aliphatic carbocycles. The first-order valence-corrected chi connectivity index (χ1v) is 14.0. The molecule has 1 aromatic heterocycles. The lowest BCUT2D eigenvalue weighted by Gasteiger charge is -2.13. The van der Waals surface area contributed by atoms with Gasteiger partial charge in [-0.1, -0.05) is 6.07 Å². The van der Waals surface area contributed by atoms with Crippen molar-refractivity contribution in [1.29, 1.82) is 0 Å². The Bertz CT molecular complexity index is 1320. The Labute approximate surface area is 221 Å². The largest absolute Gasteiger partial charge is 0.360 e. The maximum Gasteiger partial charge on any atom is 0.241 e. The molecule has 0 saturated carbocycles. The fraction of sp³-hybridized carbons (Fsp3) is 0.292. The van der Waals surface area contributed by atoms with Gasteiger partial charge in [-0.3, -0.25) is 4.79 Å². The SMILES string of the molecule is CNCCNS(=O)(=O)c1cc(NC(C)=O)ccc1-c1cnc(-c2ccc(NC(=S)NC(C)C)cc2)s1. The van der Waals surface area contributed by atoms with Crippen molar-refractivity contribution in [2.45, 2.75) is 31.7 Å². The summed E-state index contributed by atoms with van der Waals surface area (Å²) in [6.45, 7) is 6.11. The number of aromatic nitrogens is 1. The van der Waals surface area contributed by atoms with Crippen LogP contribution in [-0.4, -0.2) is 50.6 Å². The maximum absolute atomic E-state index is 13.1. The van der Waals surface area contributed by atoms with E-state index in [1.807, 2.05) is 38.1 Å². The standard InChI is InChI=1S/C24H30N6O3S3/c1-15(2)28-24(34)30-18-7-5-17(6-8-18)23-26-14-21(35-23)20-10-9-19(29-16(3)31)13-22(20)36(32,33)27-12-11-25-4/h5-10,13-15,25,27H,11-12H2,1-4H3,(H,29,31)(H2,28,30,34). The third-order valence-corrected chi connectivity index (χ3v) is 7.64. The Morgan fingerprint density at radius 2 is 1.75 bits per heavy atom. The molecule has 9 nitrogen and oxygen atoms in total. The average molecular weight is 547 g/mol. The van der Waals surface area contributed by atoms with Gasteiger partial charge in [-0.15, -0.1) is 11.3 Å². The molecule has 0 aliphatic rings. The van der Waals surface area contributed by atoms with E-state index in [1.165, 1.54) is 24.3 Å². The summed E-state index contributed by atoms with van der Waals surface area (Å²) in [7, 11) is -2.09. The lowest BCUT2D eigenvalue weighted by Crippen LogP contribution is -2.33. The zero-order valence-corrected chi connectivity index (χ0v) is 23.0. The van der Waals surface area contributed by atoms with E-state index in [0.717, 1.165) is 16.3 Å². The molecule has 0 bridgehead atoms. The number of likely N-dealkylation sites (N-methyl/N-ethyl adjacent to an activating group) is 1. The van der Waals surface area contributed by atoms with E-state index < -0.39 is 10.0 Å². The number of benzene rings is 2. The summed E-state index contributed by atoms with van der Waals surface area (Å²) in [6, 6.07) is 12.7. The first kappa shape index (κ1) is 27.7. The van der Waals surface area contributed by atoms with Gasteiger partial charge in [-0.25, -0.2) is 18.1 Å². The van der Waals surface area contributed by atoms with E-state index in [-0.39, 0.29) is 23.4 Å². The average Bonchev–Trinajstić information content (AvgIpc) is 3.29. The highest BCUT2D eigenvalue weighted by Crippen LogP contribution is 2.37. The number of amides is 1. The number of sulfonamides is 1. The Hall–Kier alpha value is -2.90. The van der Waals surface area contributed by atoms with Gasteiger partial charge in [0.05, 0.1) is 9.77 Å². The number of anilines is 2. The minimum atomic E-state index is -3.84. The van der Waals surface area contributed by atoms with Crippen molar-refractivity contribution >= 4 is 56.0 Å². The second-order valence-corrected chi connectivity index (χ2v) is 11.4. The number of nitrogens with one attached hydrogen (secondary N) is 5. The van der Waals surface area contributed by atoms with Crippen molar-refractivity contribution in [1.82, 2.24) is 20.3 Å². The van der Waals surface area contributed by atoms with Gasteiger partial charge >= 0.3 is 0 Å². The van der Waals surface area contributed by atoms with E-state index in [2.05, 4.69) is 31.0 Å². The number of hydrogen-bond acceptors (Lipinski definition) is 7. The van der Waals surface area contributed by atoms with E-state index in [9.17, 15) is 13.2 Å².